The van der Waals surface area contributed by atoms with E-state index in [-0.39, 0.29) is 17.1 Å². The first-order chi connectivity index (χ1) is 7.65. The first kappa shape index (κ1) is 10.5. The largest absolute Gasteiger partial charge is 0.504 e. The second-order valence-corrected chi connectivity index (χ2v) is 3.60. The highest BCUT2D eigenvalue weighted by molar-refractivity contribution is 6.04. The molecule has 84 valence electrons. The number of aromatic hydroxyl groups is 2. The van der Waals surface area contributed by atoms with Crippen molar-refractivity contribution in [2.24, 2.45) is 0 Å². The molecule has 1 aliphatic rings. The number of carbonyl (C=O) groups excluding carboxylic acids is 1. The Labute approximate surface area is 92.8 Å². The zero-order chi connectivity index (χ0) is 11.7. The molecule has 1 aromatic rings. The summed E-state index contributed by atoms with van der Waals surface area (Å²) in [6, 6.07) is 2.72. The van der Waals surface area contributed by atoms with Crippen molar-refractivity contribution in [3.8, 4) is 11.5 Å². The Bertz CT molecular complexity index is 474. The molecule has 1 aliphatic heterocycles. The molecule has 1 aromatic carbocycles. The fourth-order valence-corrected chi connectivity index (χ4v) is 1.62. The van der Waals surface area contributed by atoms with Crippen LogP contribution in [0, 0.1) is 0 Å². The van der Waals surface area contributed by atoms with Gasteiger partial charge in [0.15, 0.2) is 11.5 Å². The van der Waals surface area contributed by atoms with Gasteiger partial charge in [0.1, 0.15) is 5.76 Å². The van der Waals surface area contributed by atoms with Gasteiger partial charge in [0.2, 0.25) is 0 Å². The number of phenols is 2. The summed E-state index contributed by atoms with van der Waals surface area (Å²) in [5.41, 5.74) is 0.580. The normalized spacial score (nSPS) is 16.3. The van der Waals surface area contributed by atoms with Gasteiger partial charge in [-0.1, -0.05) is 13.3 Å². The number of cyclic esters (lactones) is 1. The van der Waals surface area contributed by atoms with E-state index in [1.807, 2.05) is 6.92 Å². The lowest BCUT2D eigenvalue weighted by atomic mass is 10.1. The molecule has 2 N–H and O–H groups in total. The first-order valence-electron chi connectivity index (χ1n) is 5.12. The van der Waals surface area contributed by atoms with Crippen LogP contribution < -0.4 is 0 Å². The van der Waals surface area contributed by atoms with Crippen molar-refractivity contribution in [1.29, 1.82) is 0 Å². The highest BCUT2D eigenvalue weighted by Gasteiger charge is 2.30. The van der Waals surface area contributed by atoms with Crippen molar-refractivity contribution in [3.05, 3.63) is 29.3 Å². The predicted molar refractivity (Wildman–Crippen MR) is 58.1 cm³/mol. The summed E-state index contributed by atoms with van der Waals surface area (Å²) in [7, 11) is 0. The van der Waals surface area contributed by atoms with Crippen molar-refractivity contribution in [3.63, 3.8) is 0 Å². The lowest BCUT2D eigenvalue weighted by molar-refractivity contribution is 0.0715. The van der Waals surface area contributed by atoms with E-state index in [0.717, 1.165) is 12.8 Å². The molecular weight excluding hydrogens is 208 g/mol. The number of fused-ring (bicyclic) bond motifs is 1. The highest BCUT2D eigenvalue weighted by atomic mass is 16.5. The fraction of sp³-hybridized carbons (Fsp3) is 0.250. The van der Waals surface area contributed by atoms with E-state index in [9.17, 15) is 15.0 Å². The number of benzene rings is 1. The zero-order valence-electron chi connectivity index (χ0n) is 8.86. The van der Waals surface area contributed by atoms with Gasteiger partial charge in [0.05, 0.1) is 11.1 Å². The van der Waals surface area contributed by atoms with Crippen LogP contribution in [0.5, 0.6) is 11.5 Å². The zero-order valence-corrected chi connectivity index (χ0v) is 8.86. The van der Waals surface area contributed by atoms with Gasteiger partial charge >= 0.3 is 5.97 Å². The standard InChI is InChI=1S/C12H12O4/c1-2-3-4-9-10-7(12(15)16-9)5-6-8(13)11(10)14/h4-6,13-14H,2-3H2,1H3. The molecular formula is C12H12O4. The molecule has 0 bridgehead atoms. The van der Waals surface area contributed by atoms with E-state index < -0.39 is 5.97 Å². The number of carbonyl (C=O) groups is 1. The molecule has 4 nitrogen and oxygen atoms in total. The third-order valence-corrected chi connectivity index (χ3v) is 2.44. The third kappa shape index (κ3) is 1.52. The molecule has 0 unspecified atom stereocenters. The average molecular weight is 220 g/mol. The lowest BCUT2D eigenvalue weighted by Crippen LogP contribution is -1.92. The van der Waals surface area contributed by atoms with Crippen molar-refractivity contribution in [1.82, 2.24) is 0 Å². The number of phenolic OH excluding ortho intramolecular Hbond substituents is 2. The summed E-state index contributed by atoms with van der Waals surface area (Å²) in [5.74, 6) is -0.715. The highest BCUT2D eigenvalue weighted by Crippen LogP contribution is 2.41. The average Bonchev–Trinajstić information content (AvgIpc) is 2.58. The Morgan fingerprint density at radius 1 is 1.38 bits per heavy atom. The van der Waals surface area contributed by atoms with Crippen LogP contribution in [0.25, 0.3) is 5.76 Å². The smallest absolute Gasteiger partial charge is 0.344 e. The van der Waals surface area contributed by atoms with Gasteiger partial charge < -0.3 is 14.9 Å². The van der Waals surface area contributed by atoms with Crippen LogP contribution >= 0.6 is 0 Å². The topological polar surface area (TPSA) is 66.8 Å². The van der Waals surface area contributed by atoms with Gasteiger partial charge in [-0.25, -0.2) is 4.79 Å². The summed E-state index contributed by atoms with van der Waals surface area (Å²) >= 11 is 0. The van der Waals surface area contributed by atoms with Gasteiger partial charge in [-0.3, -0.25) is 0 Å². The van der Waals surface area contributed by atoms with Crippen molar-refractivity contribution in [2.45, 2.75) is 19.8 Å². The van der Waals surface area contributed by atoms with Crippen LogP contribution in [0.3, 0.4) is 0 Å². The van der Waals surface area contributed by atoms with E-state index in [1.165, 1.54) is 12.1 Å². The van der Waals surface area contributed by atoms with E-state index in [2.05, 4.69) is 0 Å². The van der Waals surface area contributed by atoms with Crippen LogP contribution in [0.2, 0.25) is 0 Å². The summed E-state index contributed by atoms with van der Waals surface area (Å²) in [6.45, 7) is 2.00. The number of rotatable bonds is 2. The minimum absolute atomic E-state index is 0.251. The summed E-state index contributed by atoms with van der Waals surface area (Å²) in [6.07, 6.45) is 3.40. The van der Waals surface area contributed by atoms with E-state index >= 15 is 0 Å². The number of esters is 1. The molecule has 0 spiro atoms. The van der Waals surface area contributed by atoms with Gasteiger partial charge in [0, 0.05) is 0 Å². The first-order valence-corrected chi connectivity index (χ1v) is 5.12. The Morgan fingerprint density at radius 2 is 2.12 bits per heavy atom. The third-order valence-electron chi connectivity index (χ3n) is 2.44. The maximum Gasteiger partial charge on any atom is 0.344 e. The maximum atomic E-state index is 11.4. The molecule has 0 atom stereocenters. The molecule has 16 heavy (non-hydrogen) atoms. The number of hydrogen-bond donors (Lipinski definition) is 2. The molecule has 0 radical (unpaired) electrons. The summed E-state index contributed by atoms with van der Waals surface area (Å²) < 4.78 is 5.02. The van der Waals surface area contributed by atoms with E-state index in [4.69, 9.17) is 4.74 Å². The number of unbranched alkanes of at least 4 members (excludes halogenated alkanes) is 1. The molecule has 2 rings (SSSR count). The molecule has 0 aromatic heterocycles. The lowest BCUT2D eigenvalue weighted by Gasteiger charge is -2.02. The summed E-state index contributed by atoms with van der Waals surface area (Å²) in [5, 5.41) is 19.1. The fourth-order valence-electron chi connectivity index (χ4n) is 1.62. The van der Waals surface area contributed by atoms with E-state index in [1.54, 1.807) is 6.08 Å². The Morgan fingerprint density at radius 3 is 2.81 bits per heavy atom. The van der Waals surface area contributed by atoms with E-state index in [0.29, 0.717) is 11.3 Å². The summed E-state index contributed by atoms with van der Waals surface area (Å²) in [4.78, 5) is 11.4. The van der Waals surface area contributed by atoms with Gasteiger partial charge in [-0.2, -0.15) is 0 Å². The molecule has 0 amide bonds. The van der Waals surface area contributed by atoms with Crippen LogP contribution in [-0.2, 0) is 4.74 Å². The quantitative estimate of drug-likeness (QED) is 0.593. The second-order valence-electron chi connectivity index (χ2n) is 3.60. The van der Waals surface area contributed by atoms with Crippen LogP contribution in [0.1, 0.15) is 35.7 Å². The molecule has 0 fully saturated rings. The van der Waals surface area contributed by atoms with Crippen molar-refractivity contribution < 1.29 is 19.7 Å². The molecule has 4 heteroatoms. The monoisotopic (exact) mass is 220 g/mol. The molecule has 0 saturated carbocycles. The van der Waals surface area contributed by atoms with Crippen molar-refractivity contribution in [2.75, 3.05) is 0 Å². The van der Waals surface area contributed by atoms with Gasteiger partial charge in [-0.15, -0.1) is 0 Å². The second kappa shape index (κ2) is 3.89. The number of ether oxygens (including phenoxy) is 1. The van der Waals surface area contributed by atoms with Crippen LogP contribution in [-0.4, -0.2) is 16.2 Å². The SMILES string of the molecule is CCCC=C1OC(=O)c2ccc(O)c(O)c21. The minimum Gasteiger partial charge on any atom is -0.504 e. The van der Waals surface area contributed by atoms with Crippen LogP contribution in [0.15, 0.2) is 18.2 Å². The van der Waals surface area contributed by atoms with Crippen molar-refractivity contribution >= 4 is 11.7 Å². The Balaban J connectivity index is 2.55. The Kier molecular flexibility index (Phi) is 2.56. The maximum absolute atomic E-state index is 11.4. The Hall–Kier alpha value is -1.97. The van der Waals surface area contributed by atoms with Gasteiger partial charge in [0.25, 0.3) is 0 Å². The van der Waals surface area contributed by atoms with Gasteiger partial charge in [-0.05, 0) is 24.6 Å². The van der Waals surface area contributed by atoms with Crippen LogP contribution in [0.4, 0.5) is 0 Å². The number of allylic oxidation sites excluding steroid dienone is 1. The molecule has 0 saturated heterocycles. The molecule has 1 heterocycles. The minimum atomic E-state index is -0.493. The number of hydrogen-bond acceptors (Lipinski definition) is 4. The predicted octanol–water partition coefficient (Wildman–Crippen LogP) is 2.41. The molecule has 0 aliphatic carbocycles.